The Morgan fingerprint density at radius 3 is 2.15 bits per heavy atom. The summed E-state index contributed by atoms with van der Waals surface area (Å²) in [5.74, 6) is 0.327. The Hall–Kier alpha value is -3.41. The molecule has 1 amide bonds. The van der Waals surface area contributed by atoms with E-state index in [0.29, 0.717) is 17.8 Å². The number of benzene rings is 2. The number of rotatable bonds is 12. The van der Waals surface area contributed by atoms with Crippen LogP contribution in [0.5, 0.6) is 0 Å². The van der Waals surface area contributed by atoms with Crippen molar-refractivity contribution in [2.45, 2.75) is 77.2 Å². The number of fused-ring (bicyclic) bond motifs is 3. The lowest BCUT2D eigenvalue weighted by Crippen LogP contribution is -2.48. The summed E-state index contributed by atoms with van der Waals surface area (Å²) in [6.45, 7) is 4.34. The second-order valence-electron chi connectivity index (χ2n) is 11.1. The molecule has 6 heteroatoms. The van der Waals surface area contributed by atoms with Crippen LogP contribution in [-0.2, 0) is 24.2 Å². The summed E-state index contributed by atoms with van der Waals surface area (Å²) < 4.78 is 1.89. The van der Waals surface area contributed by atoms with Crippen molar-refractivity contribution in [3.63, 3.8) is 0 Å². The summed E-state index contributed by atoms with van der Waals surface area (Å²) in [6, 6.07) is 21.1. The van der Waals surface area contributed by atoms with Gasteiger partial charge in [-0.15, -0.1) is 0 Å². The van der Waals surface area contributed by atoms with Gasteiger partial charge >= 0.3 is 0 Å². The molecule has 1 saturated heterocycles. The number of piperazine rings is 1. The number of hydrogen-bond acceptors (Lipinski definition) is 4. The minimum absolute atomic E-state index is 0.327. The number of nitrogens with one attached hydrogen (secondary N) is 1. The number of amides is 1. The molecule has 1 fully saturated rings. The van der Waals surface area contributed by atoms with Gasteiger partial charge in [-0.25, -0.2) is 4.68 Å². The highest BCUT2D eigenvalue weighted by Crippen LogP contribution is 2.30. The van der Waals surface area contributed by atoms with Crippen LogP contribution in [0.4, 0.5) is 5.69 Å². The van der Waals surface area contributed by atoms with Crippen LogP contribution in [0.25, 0.3) is 11.3 Å². The normalized spacial score (nSPS) is 14.7. The minimum Gasteiger partial charge on any atom is -0.368 e. The average Bonchev–Trinajstić information content (AvgIpc) is 2.98. The zero-order valence-electron chi connectivity index (χ0n) is 23.3. The van der Waals surface area contributed by atoms with Crippen LogP contribution in [-0.4, -0.2) is 46.8 Å². The number of anilines is 1. The standard InChI is InChI=1S/C33H43N5O/c34-31-26-28-20-19-27-14-11-12-17-30(27)33(28)35-38(31)21-13-6-4-2-1-3-5-10-18-32(39)37-24-22-36(23-25-37)29-15-8-7-9-16-29/h7-9,11-12,14-17,26,34H,1-6,10,13,18-25H2. The monoisotopic (exact) mass is 525 g/mol. The van der Waals surface area contributed by atoms with E-state index >= 15 is 0 Å². The van der Waals surface area contributed by atoms with E-state index < -0.39 is 0 Å². The van der Waals surface area contributed by atoms with Crippen molar-refractivity contribution in [1.29, 1.82) is 5.41 Å². The maximum Gasteiger partial charge on any atom is 0.222 e. The quantitative estimate of drug-likeness (QED) is 0.296. The first-order valence-corrected chi connectivity index (χ1v) is 15.0. The van der Waals surface area contributed by atoms with E-state index in [9.17, 15) is 4.79 Å². The van der Waals surface area contributed by atoms with Crippen LogP contribution in [0.2, 0.25) is 0 Å². The van der Waals surface area contributed by atoms with E-state index in [-0.39, 0.29) is 0 Å². The molecule has 0 bridgehead atoms. The van der Waals surface area contributed by atoms with Crippen LogP contribution >= 0.6 is 0 Å². The topological polar surface area (TPSA) is 65.2 Å². The minimum atomic E-state index is 0.327. The van der Waals surface area contributed by atoms with Gasteiger partial charge in [0, 0.05) is 50.4 Å². The Balaban J connectivity index is 0.919. The van der Waals surface area contributed by atoms with E-state index in [0.717, 1.165) is 70.5 Å². The highest BCUT2D eigenvalue weighted by atomic mass is 16.2. The third-order valence-corrected chi connectivity index (χ3v) is 8.31. The summed E-state index contributed by atoms with van der Waals surface area (Å²) >= 11 is 0. The number of nitrogens with zero attached hydrogens (tertiary/aromatic N) is 4. The molecule has 1 N–H and O–H groups in total. The molecule has 6 nitrogen and oxygen atoms in total. The summed E-state index contributed by atoms with van der Waals surface area (Å²) in [5, 5.41) is 13.3. The van der Waals surface area contributed by atoms with Crippen molar-refractivity contribution in [3.8, 4) is 11.3 Å². The molecule has 0 radical (unpaired) electrons. The van der Waals surface area contributed by atoms with Crippen LogP contribution in [0.15, 0.2) is 60.7 Å². The molecular formula is C33H43N5O. The molecule has 3 aromatic rings. The molecule has 2 aliphatic rings. The molecule has 0 saturated carbocycles. The summed E-state index contributed by atoms with van der Waals surface area (Å²) in [5.41, 5.74) is 6.67. The molecule has 1 aliphatic heterocycles. The lowest BCUT2D eigenvalue weighted by Gasteiger charge is -2.36. The number of aryl methyl sites for hydroxylation is 3. The Morgan fingerprint density at radius 1 is 0.744 bits per heavy atom. The van der Waals surface area contributed by atoms with E-state index in [1.165, 1.54) is 54.5 Å². The number of para-hydroxylation sites is 1. The van der Waals surface area contributed by atoms with Crippen molar-refractivity contribution in [2.75, 3.05) is 31.1 Å². The molecule has 0 atom stereocenters. The van der Waals surface area contributed by atoms with Gasteiger partial charge in [-0.1, -0.05) is 81.0 Å². The molecule has 39 heavy (non-hydrogen) atoms. The lowest BCUT2D eigenvalue weighted by atomic mass is 9.89. The molecule has 2 heterocycles. The van der Waals surface area contributed by atoms with Crippen LogP contribution in [0.1, 0.15) is 68.9 Å². The van der Waals surface area contributed by atoms with E-state index in [1.54, 1.807) is 0 Å². The molecule has 1 aromatic heterocycles. The predicted octanol–water partition coefficient (Wildman–Crippen LogP) is 5.99. The largest absolute Gasteiger partial charge is 0.368 e. The number of aromatic nitrogens is 2. The van der Waals surface area contributed by atoms with Gasteiger partial charge in [-0.05, 0) is 55.0 Å². The van der Waals surface area contributed by atoms with Gasteiger partial charge in [-0.3, -0.25) is 10.2 Å². The number of carbonyl (C=O) groups excluding carboxylic acids is 1. The zero-order valence-corrected chi connectivity index (χ0v) is 23.3. The van der Waals surface area contributed by atoms with Gasteiger partial charge in [0.2, 0.25) is 5.91 Å². The maximum atomic E-state index is 12.6. The number of unbranched alkanes of at least 4 members (excludes halogenated alkanes) is 7. The van der Waals surface area contributed by atoms with Crippen LogP contribution < -0.4 is 10.4 Å². The first-order chi connectivity index (χ1) is 19.2. The van der Waals surface area contributed by atoms with Crippen LogP contribution in [0.3, 0.4) is 0 Å². The van der Waals surface area contributed by atoms with Gasteiger partial charge in [0.05, 0.1) is 5.69 Å². The van der Waals surface area contributed by atoms with Crippen molar-refractivity contribution in [2.24, 2.45) is 0 Å². The number of carbonyl (C=O) groups is 1. The Morgan fingerprint density at radius 2 is 1.38 bits per heavy atom. The molecule has 2 aromatic carbocycles. The Bertz CT molecular complexity index is 1280. The molecule has 0 unspecified atom stereocenters. The highest BCUT2D eigenvalue weighted by molar-refractivity contribution is 5.76. The second-order valence-corrected chi connectivity index (χ2v) is 11.1. The van der Waals surface area contributed by atoms with Crippen molar-refractivity contribution in [1.82, 2.24) is 14.7 Å². The Kier molecular flexibility index (Phi) is 9.47. The SMILES string of the molecule is N=c1cc2c(nn1CCCCCCCCCCC(=O)N1CCN(c3ccccc3)CC1)-c1ccccc1CC2. The van der Waals surface area contributed by atoms with Crippen molar-refractivity contribution >= 4 is 11.6 Å². The van der Waals surface area contributed by atoms with E-state index in [4.69, 9.17) is 10.5 Å². The fraction of sp³-hybridized carbons (Fsp3) is 0.485. The smallest absolute Gasteiger partial charge is 0.222 e. The van der Waals surface area contributed by atoms with Crippen molar-refractivity contribution in [3.05, 3.63) is 77.3 Å². The van der Waals surface area contributed by atoms with E-state index in [1.807, 2.05) is 16.8 Å². The maximum absolute atomic E-state index is 12.6. The second kappa shape index (κ2) is 13.6. The van der Waals surface area contributed by atoms with Gasteiger partial charge in [0.15, 0.2) is 0 Å². The predicted molar refractivity (Wildman–Crippen MR) is 158 cm³/mol. The van der Waals surface area contributed by atoms with Gasteiger partial charge in [0.1, 0.15) is 5.49 Å². The van der Waals surface area contributed by atoms with Crippen LogP contribution in [0, 0.1) is 5.41 Å². The summed E-state index contributed by atoms with van der Waals surface area (Å²) in [6.07, 6.45) is 12.0. The zero-order chi connectivity index (χ0) is 26.9. The van der Waals surface area contributed by atoms with E-state index in [2.05, 4.69) is 58.3 Å². The molecule has 5 rings (SSSR count). The highest BCUT2D eigenvalue weighted by Gasteiger charge is 2.21. The van der Waals surface area contributed by atoms with Gasteiger partial charge in [0.25, 0.3) is 0 Å². The summed E-state index contributed by atoms with van der Waals surface area (Å²) in [4.78, 5) is 17.0. The molecule has 206 valence electrons. The number of hydrogen-bond donors (Lipinski definition) is 1. The fourth-order valence-electron chi connectivity index (χ4n) is 5.98. The molecular weight excluding hydrogens is 482 g/mol. The fourth-order valence-corrected chi connectivity index (χ4v) is 5.98. The van der Waals surface area contributed by atoms with Gasteiger partial charge in [-0.2, -0.15) is 5.10 Å². The first-order valence-electron chi connectivity index (χ1n) is 15.0. The average molecular weight is 526 g/mol. The third kappa shape index (κ3) is 7.17. The molecule has 0 spiro atoms. The first kappa shape index (κ1) is 27.2. The Labute approximate surface area is 233 Å². The lowest BCUT2D eigenvalue weighted by molar-refractivity contribution is -0.131. The van der Waals surface area contributed by atoms with Crippen molar-refractivity contribution < 1.29 is 4.79 Å². The summed E-state index contributed by atoms with van der Waals surface area (Å²) in [7, 11) is 0. The third-order valence-electron chi connectivity index (χ3n) is 8.31. The molecule has 1 aliphatic carbocycles. The van der Waals surface area contributed by atoms with Gasteiger partial charge < -0.3 is 9.80 Å².